The molecule has 5 nitrogen and oxygen atoms in total. The lowest BCUT2D eigenvalue weighted by Gasteiger charge is -2.36. The summed E-state index contributed by atoms with van der Waals surface area (Å²) in [5, 5.41) is 10.6. The molecule has 0 aliphatic heterocycles. The van der Waals surface area contributed by atoms with Gasteiger partial charge in [-0.25, -0.2) is 4.79 Å². The van der Waals surface area contributed by atoms with Gasteiger partial charge < -0.3 is 14.6 Å². The largest absolute Gasteiger partial charge is 0.459 e. The molecular weight excluding hydrogens is 437 g/mol. The van der Waals surface area contributed by atoms with Crippen LogP contribution in [0.5, 0.6) is 0 Å². The van der Waals surface area contributed by atoms with Gasteiger partial charge in [0.05, 0.1) is 5.60 Å². The van der Waals surface area contributed by atoms with Gasteiger partial charge in [-0.1, -0.05) is 62.4 Å². The molecule has 0 radical (unpaired) electrons. The smallest absolute Gasteiger partial charge is 0.432 e. The topological polar surface area (TPSA) is 72.8 Å². The SMILES string of the molecule is CO[C@@](C(=O)O[C@@H]1C/C(C=O)=C\CC[C@@](C)(O)/C=C\[C@H]1C(C)C)(c1ccccc1)C(F)(F)F. The van der Waals surface area contributed by atoms with Crippen molar-refractivity contribution in [2.75, 3.05) is 7.11 Å². The zero-order valence-electron chi connectivity index (χ0n) is 19.3. The normalized spacial score (nSPS) is 28.8. The van der Waals surface area contributed by atoms with Crippen LogP contribution in [0.4, 0.5) is 13.2 Å². The summed E-state index contributed by atoms with van der Waals surface area (Å²) in [6.45, 7) is 5.25. The molecule has 1 aliphatic rings. The Bertz CT molecular complexity index is 874. The quantitative estimate of drug-likeness (QED) is 0.366. The van der Waals surface area contributed by atoms with Crippen molar-refractivity contribution in [2.24, 2.45) is 11.8 Å². The third kappa shape index (κ3) is 6.12. The molecule has 1 aliphatic carbocycles. The number of rotatable bonds is 6. The van der Waals surface area contributed by atoms with Crippen molar-refractivity contribution >= 4 is 12.3 Å². The molecule has 0 heterocycles. The third-order valence-electron chi connectivity index (χ3n) is 5.95. The summed E-state index contributed by atoms with van der Waals surface area (Å²) in [5.41, 5.74) is -4.63. The van der Waals surface area contributed by atoms with Gasteiger partial charge in [0.1, 0.15) is 12.4 Å². The summed E-state index contributed by atoms with van der Waals surface area (Å²) in [7, 11) is 0.808. The Morgan fingerprint density at radius 1 is 1.24 bits per heavy atom. The van der Waals surface area contributed by atoms with E-state index in [1.807, 2.05) is 13.8 Å². The molecule has 2 rings (SSSR count). The molecule has 0 unspecified atom stereocenters. The lowest BCUT2D eigenvalue weighted by Crippen LogP contribution is -2.53. The van der Waals surface area contributed by atoms with Crippen LogP contribution in [0.15, 0.2) is 54.1 Å². The van der Waals surface area contributed by atoms with E-state index in [0.29, 0.717) is 24.7 Å². The number of allylic oxidation sites excluding steroid dienone is 1. The van der Waals surface area contributed by atoms with Gasteiger partial charge in [-0.2, -0.15) is 13.2 Å². The fourth-order valence-electron chi connectivity index (χ4n) is 4.00. The van der Waals surface area contributed by atoms with Crippen molar-refractivity contribution in [3.8, 4) is 0 Å². The van der Waals surface area contributed by atoms with Crippen LogP contribution in [0, 0.1) is 11.8 Å². The molecule has 0 aromatic heterocycles. The molecular formula is C25H31F3O5. The number of halogens is 3. The number of aliphatic hydroxyl groups is 1. The van der Waals surface area contributed by atoms with Crippen LogP contribution in [0.2, 0.25) is 0 Å². The van der Waals surface area contributed by atoms with Gasteiger partial charge in [-0.15, -0.1) is 0 Å². The summed E-state index contributed by atoms with van der Waals surface area (Å²) in [4.78, 5) is 24.8. The summed E-state index contributed by atoms with van der Waals surface area (Å²) < 4.78 is 53.2. The van der Waals surface area contributed by atoms with E-state index >= 15 is 0 Å². The van der Waals surface area contributed by atoms with Crippen LogP contribution in [-0.4, -0.2) is 42.4 Å². The van der Waals surface area contributed by atoms with E-state index in [1.54, 1.807) is 25.2 Å². The average Bonchev–Trinajstić information content (AvgIpc) is 2.72. The minimum absolute atomic E-state index is 0.0585. The van der Waals surface area contributed by atoms with Crippen molar-refractivity contribution in [3.05, 3.63) is 59.7 Å². The number of hydrogen-bond donors (Lipinski definition) is 1. The number of aldehydes is 1. The highest BCUT2D eigenvalue weighted by molar-refractivity contribution is 5.83. The number of esters is 1. The van der Waals surface area contributed by atoms with Crippen molar-refractivity contribution in [2.45, 2.75) is 63.5 Å². The Morgan fingerprint density at radius 2 is 1.88 bits per heavy atom. The van der Waals surface area contributed by atoms with Crippen molar-refractivity contribution in [1.82, 2.24) is 0 Å². The Morgan fingerprint density at radius 3 is 2.39 bits per heavy atom. The van der Waals surface area contributed by atoms with E-state index in [1.165, 1.54) is 18.2 Å². The van der Waals surface area contributed by atoms with Crippen LogP contribution >= 0.6 is 0 Å². The average molecular weight is 469 g/mol. The first-order chi connectivity index (χ1) is 15.4. The summed E-state index contributed by atoms with van der Waals surface area (Å²) in [6.07, 6.45) is -0.0586. The number of benzene rings is 1. The van der Waals surface area contributed by atoms with Crippen molar-refractivity contribution in [1.29, 1.82) is 0 Å². The van der Waals surface area contributed by atoms with E-state index in [4.69, 9.17) is 9.47 Å². The molecule has 33 heavy (non-hydrogen) atoms. The Hall–Kier alpha value is -2.45. The van der Waals surface area contributed by atoms with Gasteiger partial charge in [0.25, 0.3) is 5.60 Å². The van der Waals surface area contributed by atoms with Crippen LogP contribution in [0.25, 0.3) is 0 Å². The van der Waals surface area contributed by atoms with Crippen LogP contribution in [0.1, 0.15) is 45.6 Å². The first-order valence-electron chi connectivity index (χ1n) is 10.8. The summed E-state index contributed by atoms with van der Waals surface area (Å²) in [6, 6.07) is 6.58. The van der Waals surface area contributed by atoms with Gasteiger partial charge in [0.15, 0.2) is 0 Å². The van der Waals surface area contributed by atoms with Gasteiger partial charge >= 0.3 is 12.1 Å². The molecule has 0 saturated carbocycles. The minimum Gasteiger partial charge on any atom is -0.459 e. The maximum absolute atomic E-state index is 14.3. The second kappa shape index (κ2) is 10.7. The van der Waals surface area contributed by atoms with Crippen molar-refractivity contribution in [3.63, 3.8) is 0 Å². The van der Waals surface area contributed by atoms with Gasteiger partial charge in [-0.3, -0.25) is 4.79 Å². The second-order valence-corrected chi connectivity index (χ2v) is 8.87. The highest BCUT2D eigenvalue weighted by atomic mass is 19.4. The number of alkyl halides is 3. The molecule has 0 bridgehead atoms. The molecule has 182 valence electrons. The van der Waals surface area contributed by atoms with Gasteiger partial charge in [0, 0.05) is 25.0 Å². The van der Waals surface area contributed by atoms with E-state index in [-0.39, 0.29) is 12.3 Å². The molecule has 4 atom stereocenters. The van der Waals surface area contributed by atoms with E-state index < -0.39 is 40.9 Å². The summed E-state index contributed by atoms with van der Waals surface area (Å²) >= 11 is 0. The van der Waals surface area contributed by atoms with E-state index in [0.717, 1.165) is 19.2 Å². The molecule has 8 heteroatoms. The fraction of sp³-hybridized carbons (Fsp3) is 0.520. The molecule has 1 aromatic carbocycles. The Balaban J connectivity index is 2.56. The molecule has 1 N–H and O–H groups in total. The molecule has 1 aromatic rings. The molecule has 0 saturated heterocycles. The predicted molar refractivity (Wildman–Crippen MR) is 117 cm³/mol. The maximum Gasteiger partial charge on any atom is 0.432 e. The predicted octanol–water partition coefficient (Wildman–Crippen LogP) is 4.89. The number of ether oxygens (including phenoxy) is 2. The number of methoxy groups -OCH3 is 1. The van der Waals surface area contributed by atoms with Gasteiger partial charge in [0.2, 0.25) is 0 Å². The molecule has 0 spiro atoms. The van der Waals surface area contributed by atoms with Crippen molar-refractivity contribution < 1.29 is 37.3 Å². The lowest BCUT2D eigenvalue weighted by atomic mass is 9.83. The highest BCUT2D eigenvalue weighted by Crippen LogP contribution is 2.44. The zero-order valence-corrected chi connectivity index (χ0v) is 19.3. The van der Waals surface area contributed by atoms with Gasteiger partial charge in [-0.05, 0) is 31.3 Å². The standard InChI is InChI=1S/C25H31F3O5/c1-17(2)20-12-14-23(3,31)13-8-9-18(16-29)15-21(20)33-22(30)24(32-4,25(26,27)28)19-10-6-5-7-11-19/h5-7,9-12,14,16-17,20-21,31H,8,13,15H2,1-4H3/b14-12-,18-9+/t20-,21+,23+,24+/m0/s1. The van der Waals surface area contributed by atoms with Crippen LogP contribution in [-0.2, 0) is 24.7 Å². The monoisotopic (exact) mass is 468 g/mol. The van der Waals surface area contributed by atoms with Crippen LogP contribution < -0.4 is 0 Å². The minimum atomic E-state index is -5.10. The number of carbonyl (C=O) groups is 2. The maximum atomic E-state index is 14.3. The molecule has 0 amide bonds. The number of hydrogen-bond acceptors (Lipinski definition) is 5. The third-order valence-corrected chi connectivity index (χ3v) is 5.95. The number of carbonyl (C=O) groups excluding carboxylic acids is 2. The Labute approximate surface area is 192 Å². The van der Waals surface area contributed by atoms with E-state index in [9.17, 15) is 27.9 Å². The second-order valence-electron chi connectivity index (χ2n) is 8.87. The first-order valence-corrected chi connectivity index (χ1v) is 10.8. The molecule has 0 fully saturated rings. The lowest BCUT2D eigenvalue weighted by molar-refractivity contribution is -0.278. The van der Waals surface area contributed by atoms with E-state index in [2.05, 4.69) is 0 Å². The summed E-state index contributed by atoms with van der Waals surface area (Å²) in [5.74, 6) is -2.33. The Kier molecular flexibility index (Phi) is 8.65. The highest BCUT2D eigenvalue weighted by Gasteiger charge is 2.64. The first kappa shape index (κ1) is 26.8. The van der Waals surface area contributed by atoms with Crippen LogP contribution in [0.3, 0.4) is 0 Å². The zero-order chi connectivity index (χ0) is 24.9. The fourth-order valence-corrected chi connectivity index (χ4v) is 4.00.